The Morgan fingerprint density at radius 1 is 0.786 bits per heavy atom. The van der Waals surface area contributed by atoms with Crippen LogP contribution in [0.3, 0.4) is 0 Å². The van der Waals surface area contributed by atoms with Crippen molar-refractivity contribution in [3.63, 3.8) is 0 Å². The summed E-state index contributed by atoms with van der Waals surface area (Å²) in [7, 11) is 0. The predicted octanol–water partition coefficient (Wildman–Crippen LogP) is 5.49. The number of hydrogen-bond acceptors (Lipinski definition) is 2. The first kappa shape index (κ1) is 19.9. The summed E-state index contributed by atoms with van der Waals surface area (Å²) in [5, 5.41) is 6.50. The lowest BCUT2D eigenvalue weighted by molar-refractivity contribution is -0.116. The van der Waals surface area contributed by atoms with Gasteiger partial charge >= 0.3 is 0 Å². The van der Waals surface area contributed by atoms with Gasteiger partial charge in [0.1, 0.15) is 0 Å². The summed E-state index contributed by atoms with van der Waals surface area (Å²) in [4.78, 5) is 25.3. The molecule has 0 heterocycles. The molecule has 1 atom stereocenters. The molecular formula is C22H18Cl2N2O2. The Bertz CT molecular complexity index is 977. The average Bonchev–Trinajstić information content (AvgIpc) is 2.70. The Morgan fingerprint density at radius 2 is 1.39 bits per heavy atom. The van der Waals surface area contributed by atoms with E-state index in [9.17, 15) is 9.59 Å². The van der Waals surface area contributed by atoms with Gasteiger partial charge in [0.2, 0.25) is 5.91 Å². The Labute approximate surface area is 173 Å². The molecule has 0 unspecified atom stereocenters. The van der Waals surface area contributed by atoms with E-state index in [2.05, 4.69) is 10.6 Å². The first-order valence-corrected chi connectivity index (χ1v) is 9.45. The molecule has 2 N–H and O–H groups in total. The molecule has 0 aliphatic rings. The highest BCUT2D eigenvalue weighted by atomic mass is 35.5. The van der Waals surface area contributed by atoms with E-state index in [0.29, 0.717) is 21.3 Å². The fraction of sp³-hybridized carbons (Fsp3) is 0.0909. The fourth-order valence-corrected chi connectivity index (χ4v) is 3.17. The van der Waals surface area contributed by atoms with Crippen LogP contribution in [-0.2, 0) is 4.79 Å². The monoisotopic (exact) mass is 412 g/mol. The summed E-state index contributed by atoms with van der Waals surface area (Å²) in [5.41, 5.74) is 1.70. The summed E-state index contributed by atoms with van der Waals surface area (Å²) < 4.78 is 0. The second-order valence-electron chi connectivity index (χ2n) is 6.15. The molecule has 0 bridgehead atoms. The van der Waals surface area contributed by atoms with Crippen LogP contribution in [0.1, 0.15) is 28.4 Å². The minimum Gasteiger partial charge on any atom is -0.345 e. The highest BCUT2D eigenvalue weighted by molar-refractivity contribution is 6.34. The molecule has 0 fully saturated rings. The number of benzene rings is 3. The van der Waals surface area contributed by atoms with E-state index in [1.807, 2.05) is 30.3 Å². The Kier molecular flexibility index (Phi) is 6.69. The van der Waals surface area contributed by atoms with Gasteiger partial charge in [-0.3, -0.25) is 9.59 Å². The number of amides is 2. The molecule has 3 rings (SSSR count). The van der Waals surface area contributed by atoms with Crippen molar-refractivity contribution in [1.29, 1.82) is 0 Å². The molecule has 0 radical (unpaired) electrons. The maximum absolute atomic E-state index is 12.7. The van der Waals surface area contributed by atoms with Crippen LogP contribution in [-0.4, -0.2) is 11.8 Å². The molecule has 6 heteroatoms. The van der Waals surface area contributed by atoms with E-state index in [1.165, 1.54) is 0 Å². The van der Waals surface area contributed by atoms with Gasteiger partial charge in [-0.15, -0.1) is 0 Å². The van der Waals surface area contributed by atoms with Crippen molar-refractivity contribution in [2.24, 2.45) is 0 Å². The van der Waals surface area contributed by atoms with E-state index < -0.39 is 6.04 Å². The molecule has 0 aliphatic carbocycles. The summed E-state index contributed by atoms with van der Waals surface area (Å²) in [6.07, 6.45) is 0.0471. The molecule has 142 valence electrons. The Hall–Kier alpha value is -2.82. The van der Waals surface area contributed by atoms with Crippen molar-refractivity contribution in [2.75, 3.05) is 5.32 Å². The first-order chi connectivity index (χ1) is 13.5. The molecule has 2 amide bonds. The van der Waals surface area contributed by atoms with Gasteiger partial charge in [-0.1, -0.05) is 77.8 Å². The highest BCUT2D eigenvalue weighted by Crippen LogP contribution is 2.23. The Morgan fingerprint density at radius 3 is 2.07 bits per heavy atom. The number of para-hydroxylation sites is 1. The summed E-state index contributed by atoms with van der Waals surface area (Å²) in [5.74, 6) is -0.605. The number of carbonyl (C=O) groups is 2. The summed E-state index contributed by atoms with van der Waals surface area (Å²) in [6, 6.07) is 22.6. The van der Waals surface area contributed by atoms with Crippen LogP contribution in [0, 0.1) is 0 Å². The van der Waals surface area contributed by atoms with Gasteiger partial charge in [0.05, 0.1) is 33.8 Å². The standard InChI is InChI=1S/C22H18Cl2N2O2/c23-17-11-5-4-10-16(17)22(28)26-20(15-8-2-1-3-9-15)14-21(27)25-19-13-7-6-12-18(19)24/h1-13,20H,14H2,(H,25,27)(H,26,28)/t20-/m1/s1. The zero-order chi connectivity index (χ0) is 19.9. The van der Waals surface area contributed by atoms with Crippen LogP contribution in [0.15, 0.2) is 78.9 Å². The average molecular weight is 413 g/mol. The molecule has 3 aromatic carbocycles. The van der Waals surface area contributed by atoms with Gasteiger partial charge < -0.3 is 10.6 Å². The maximum atomic E-state index is 12.7. The van der Waals surface area contributed by atoms with Crippen LogP contribution < -0.4 is 10.6 Å². The molecule has 28 heavy (non-hydrogen) atoms. The van der Waals surface area contributed by atoms with Gasteiger partial charge in [0, 0.05) is 0 Å². The number of nitrogens with one attached hydrogen (secondary N) is 2. The van der Waals surface area contributed by atoms with Crippen molar-refractivity contribution in [3.05, 3.63) is 100 Å². The van der Waals surface area contributed by atoms with Gasteiger partial charge in [-0.2, -0.15) is 0 Å². The number of anilines is 1. The zero-order valence-corrected chi connectivity index (χ0v) is 16.4. The molecule has 0 saturated carbocycles. The number of carbonyl (C=O) groups excluding carboxylic acids is 2. The van der Waals surface area contributed by atoms with Crippen molar-refractivity contribution in [2.45, 2.75) is 12.5 Å². The van der Waals surface area contributed by atoms with Crippen molar-refractivity contribution >= 4 is 40.7 Å². The largest absolute Gasteiger partial charge is 0.345 e. The van der Waals surface area contributed by atoms with Gasteiger partial charge in [-0.25, -0.2) is 0 Å². The van der Waals surface area contributed by atoms with Gasteiger partial charge in [0.25, 0.3) is 5.91 Å². The smallest absolute Gasteiger partial charge is 0.253 e. The normalized spacial score (nSPS) is 11.5. The highest BCUT2D eigenvalue weighted by Gasteiger charge is 2.20. The number of rotatable bonds is 6. The zero-order valence-electron chi connectivity index (χ0n) is 14.9. The van der Waals surface area contributed by atoms with E-state index in [-0.39, 0.29) is 18.2 Å². The fourth-order valence-electron chi connectivity index (χ4n) is 2.77. The maximum Gasteiger partial charge on any atom is 0.253 e. The molecule has 3 aromatic rings. The van der Waals surface area contributed by atoms with Crippen LogP contribution in [0.4, 0.5) is 5.69 Å². The van der Waals surface area contributed by atoms with Crippen molar-refractivity contribution in [1.82, 2.24) is 5.32 Å². The van der Waals surface area contributed by atoms with Crippen LogP contribution in [0.2, 0.25) is 10.0 Å². The number of halogens is 2. The van der Waals surface area contributed by atoms with Gasteiger partial charge in [0.15, 0.2) is 0 Å². The van der Waals surface area contributed by atoms with Crippen LogP contribution in [0.25, 0.3) is 0 Å². The van der Waals surface area contributed by atoms with E-state index in [4.69, 9.17) is 23.2 Å². The van der Waals surface area contributed by atoms with Crippen LogP contribution >= 0.6 is 23.2 Å². The second kappa shape index (κ2) is 9.40. The second-order valence-corrected chi connectivity index (χ2v) is 6.96. The third-order valence-corrected chi connectivity index (χ3v) is 4.82. The topological polar surface area (TPSA) is 58.2 Å². The summed E-state index contributed by atoms with van der Waals surface area (Å²) >= 11 is 12.2. The molecule has 0 saturated heterocycles. The van der Waals surface area contributed by atoms with E-state index >= 15 is 0 Å². The quantitative estimate of drug-likeness (QED) is 0.561. The van der Waals surface area contributed by atoms with Crippen molar-refractivity contribution in [3.8, 4) is 0 Å². The third kappa shape index (κ3) is 5.12. The molecular weight excluding hydrogens is 395 g/mol. The van der Waals surface area contributed by atoms with E-state index in [1.54, 1.807) is 48.5 Å². The van der Waals surface area contributed by atoms with E-state index in [0.717, 1.165) is 5.56 Å². The lowest BCUT2D eigenvalue weighted by Crippen LogP contribution is -2.31. The minimum absolute atomic E-state index is 0.0471. The Balaban J connectivity index is 1.78. The molecule has 0 spiro atoms. The predicted molar refractivity (Wildman–Crippen MR) is 113 cm³/mol. The first-order valence-electron chi connectivity index (χ1n) is 8.69. The van der Waals surface area contributed by atoms with Gasteiger partial charge in [-0.05, 0) is 29.8 Å². The molecule has 0 aliphatic heterocycles. The molecule has 0 aromatic heterocycles. The molecule has 4 nitrogen and oxygen atoms in total. The minimum atomic E-state index is -0.521. The van der Waals surface area contributed by atoms with Crippen molar-refractivity contribution < 1.29 is 9.59 Å². The lowest BCUT2D eigenvalue weighted by Gasteiger charge is -2.19. The summed E-state index contributed by atoms with van der Waals surface area (Å²) in [6.45, 7) is 0. The number of hydrogen-bond donors (Lipinski definition) is 2. The lowest BCUT2D eigenvalue weighted by atomic mass is 10.0. The van der Waals surface area contributed by atoms with Crippen LogP contribution in [0.5, 0.6) is 0 Å². The third-order valence-electron chi connectivity index (χ3n) is 4.16. The SMILES string of the molecule is O=C(C[C@@H](NC(=O)c1ccccc1Cl)c1ccccc1)Nc1ccccc1Cl.